The highest BCUT2D eigenvalue weighted by molar-refractivity contribution is 7.71. The van der Waals surface area contributed by atoms with E-state index in [2.05, 4.69) is 13.8 Å². The van der Waals surface area contributed by atoms with Gasteiger partial charge in [-0.25, -0.2) is 0 Å². The Morgan fingerprint density at radius 3 is 2.33 bits per heavy atom. The van der Waals surface area contributed by atoms with Crippen LogP contribution in [-0.2, 0) is 19.8 Å². The van der Waals surface area contributed by atoms with Gasteiger partial charge in [0.2, 0.25) is 0 Å². The van der Waals surface area contributed by atoms with Crippen molar-refractivity contribution in [2.45, 2.75) is 46.3 Å². The fourth-order valence-corrected chi connectivity index (χ4v) is 4.65. The molecule has 1 aromatic rings. The van der Waals surface area contributed by atoms with Crippen LogP contribution < -0.4 is 5.30 Å². The molecule has 0 fully saturated rings. The average molecular weight is 312 g/mol. The topological polar surface area (TPSA) is 48.7 Å². The zero-order valence-electron chi connectivity index (χ0n) is 13.3. The van der Waals surface area contributed by atoms with Gasteiger partial charge in [0.25, 0.3) is 0 Å². The van der Waals surface area contributed by atoms with E-state index in [0.29, 0.717) is 30.4 Å². The second kappa shape index (κ2) is 6.31. The Hall–Kier alpha value is -1.15. The molecule has 0 N–H and O–H groups in total. The lowest BCUT2D eigenvalue weighted by atomic mass is 10.0. The first kappa shape index (κ1) is 16.2. The Labute approximate surface area is 126 Å². The van der Waals surface area contributed by atoms with Crippen molar-refractivity contribution in [2.24, 2.45) is 5.92 Å². The summed E-state index contributed by atoms with van der Waals surface area (Å²) >= 11 is 0. The number of furan rings is 1. The van der Waals surface area contributed by atoms with Crippen molar-refractivity contribution in [3.8, 4) is 0 Å². The molecule has 21 heavy (non-hydrogen) atoms. The van der Waals surface area contributed by atoms with Gasteiger partial charge in [-0.05, 0) is 18.4 Å². The average Bonchev–Trinajstić information content (AvgIpc) is 3.13. The zero-order chi connectivity index (χ0) is 15.5. The summed E-state index contributed by atoms with van der Waals surface area (Å²) in [5.41, 5.74) is 0. The molecular weight excluding hydrogens is 287 g/mol. The predicted octanol–water partition coefficient (Wildman–Crippen LogP) is 4.41. The molecule has 0 radical (unpaired) electrons. The molecule has 1 aliphatic heterocycles. The molecule has 0 spiro atoms. The fraction of sp³-hybridized carbons (Fsp3) is 0.625. The lowest BCUT2D eigenvalue weighted by molar-refractivity contribution is -0.169. The normalized spacial score (nSPS) is 17.0. The molecule has 118 valence electrons. The van der Waals surface area contributed by atoms with E-state index in [1.54, 1.807) is 6.26 Å². The van der Waals surface area contributed by atoms with Crippen molar-refractivity contribution < 1.29 is 18.5 Å². The molecule has 2 rings (SSSR count). The van der Waals surface area contributed by atoms with Crippen LogP contribution in [0.2, 0.25) is 0 Å². The van der Waals surface area contributed by atoms with E-state index in [1.807, 2.05) is 19.9 Å². The predicted molar refractivity (Wildman–Crippen MR) is 84.1 cm³/mol. The van der Waals surface area contributed by atoms with Crippen LogP contribution in [0.1, 0.15) is 46.3 Å². The second-order valence-corrected chi connectivity index (χ2v) is 9.38. The minimum absolute atomic E-state index is 0.525. The summed E-state index contributed by atoms with van der Waals surface area (Å²) in [5, 5.41) is 0.764. The van der Waals surface area contributed by atoms with Gasteiger partial charge in [0.1, 0.15) is 19.7 Å². The Kier molecular flexibility index (Phi) is 4.88. The standard InChI is InChI=1S/C16H25O4P/c1-5-21(17,6-2)14-8-10-18-15(14)16(9-7-13(3)4)19-11-12-20-16/h8,10-13H,5-7,9H2,1-4H3. The van der Waals surface area contributed by atoms with Gasteiger partial charge in [0.15, 0.2) is 5.76 Å². The molecule has 1 aliphatic rings. The maximum absolute atomic E-state index is 13.1. The third-order valence-corrected chi connectivity index (χ3v) is 7.35. The van der Waals surface area contributed by atoms with Gasteiger partial charge in [-0.15, -0.1) is 0 Å². The number of rotatable bonds is 7. The maximum atomic E-state index is 13.1. The highest BCUT2D eigenvalue weighted by atomic mass is 31.2. The Balaban J connectivity index is 2.39. The van der Waals surface area contributed by atoms with Crippen LogP contribution in [0.5, 0.6) is 0 Å². The largest absolute Gasteiger partial charge is 0.460 e. The van der Waals surface area contributed by atoms with Gasteiger partial charge in [-0.2, -0.15) is 0 Å². The lowest BCUT2D eigenvalue weighted by Crippen LogP contribution is -2.32. The van der Waals surface area contributed by atoms with Crippen molar-refractivity contribution in [1.29, 1.82) is 0 Å². The Morgan fingerprint density at radius 1 is 1.19 bits per heavy atom. The van der Waals surface area contributed by atoms with Crippen LogP contribution >= 0.6 is 7.14 Å². The molecule has 0 bridgehead atoms. The molecule has 1 aromatic heterocycles. The second-order valence-electron chi connectivity index (χ2n) is 5.85. The van der Waals surface area contributed by atoms with E-state index in [0.717, 1.165) is 11.7 Å². The summed E-state index contributed by atoms with van der Waals surface area (Å²) in [5.74, 6) is 0.140. The number of ether oxygens (including phenoxy) is 2. The Bertz CT molecular complexity index is 528. The maximum Gasteiger partial charge on any atom is 0.310 e. The smallest absolute Gasteiger partial charge is 0.310 e. The quantitative estimate of drug-likeness (QED) is 0.700. The van der Waals surface area contributed by atoms with Crippen molar-refractivity contribution in [2.75, 3.05) is 12.3 Å². The SMILES string of the molecule is CCP(=O)(CC)c1ccoc1C1(CCC(C)C)OC=CO1. The van der Waals surface area contributed by atoms with Crippen molar-refractivity contribution >= 4 is 12.4 Å². The molecule has 4 nitrogen and oxygen atoms in total. The van der Waals surface area contributed by atoms with Crippen LogP contribution in [0, 0.1) is 5.92 Å². The first-order chi connectivity index (χ1) is 9.97. The summed E-state index contributed by atoms with van der Waals surface area (Å²) in [6, 6.07) is 1.81. The van der Waals surface area contributed by atoms with Crippen LogP contribution in [0.3, 0.4) is 0 Å². The minimum atomic E-state index is -2.45. The molecular formula is C16H25O4P. The summed E-state index contributed by atoms with van der Waals surface area (Å²) in [6.45, 7) is 8.22. The monoisotopic (exact) mass is 312 g/mol. The first-order valence-corrected chi connectivity index (χ1v) is 9.72. The van der Waals surface area contributed by atoms with Gasteiger partial charge >= 0.3 is 5.79 Å². The number of hydrogen-bond donors (Lipinski definition) is 0. The minimum Gasteiger partial charge on any atom is -0.460 e. The van der Waals surface area contributed by atoms with E-state index in [4.69, 9.17) is 13.9 Å². The fourth-order valence-electron chi connectivity index (χ4n) is 2.59. The van der Waals surface area contributed by atoms with Crippen molar-refractivity contribution in [1.82, 2.24) is 0 Å². The van der Waals surface area contributed by atoms with Gasteiger partial charge in [-0.1, -0.05) is 27.7 Å². The summed E-state index contributed by atoms with van der Waals surface area (Å²) in [4.78, 5) is 0. The van der Waals surface area contributed by atoms with Gasteiger partial charge < -0.3 is 18.5 Å². The highest BCUT2D eigenvalue weighted by Crippen LogP contribution is 2.48. The van der Waals surface area contributed by atoms with Gasteiger partial charge in [0, 0.05) is 18.7 Å². The van der Waals surface area contributed by atoms with Gasteiger partial charge in [0.05, 0.1) is 11.6 Å². The number of hydrogen-bond acceptors (Lipinski definition) is 4. The van der Waals surface area contributed by atoms with E-state index in [9.17, 15) is 4.57 Å². The molecule has 0 saturated heterocycles. The third kappa shape index (κ3) is 3.06. The highest BCUT2D eigenvalue weighted by Gasteiger charge is 2.45. The summed E-state index contributed by atoms with van der Waals surface area (Å²) in [7, 11) is -2.45. The zero-order valence-corrected chi connectivity index (χ0v) is 14.2. The summed E-state index contributed by atoms with van der Waals surface area (Å²) < 4.78 is 30.2. The first-order valence-electron chi connectivity index (χ1n) is 7.64. The van der Waals surface area contributed by atoms with E-state index in [1.165, 1.54) is 12.5 Å². The lowest BCUT2D eigenvalue weighted by Gasteiger charge is -2.28. The van der Waals surface area contributed by atoms with Crippen LogP contribution in [-0.4, -0.2) is 12.3 Å². The van der Waals surface area contributed by atoms with E-state index >= 15 is 0 Å². The molecule has 2 heterocycles. The molecule has 0 aliphatic carbocycles. The van der Waals surface area contributed by atoms with Crippen molar-refractivity contribution in [3.05, 3.63) is 30.6 Å². The van der Waals surface area contributed by atoms with Gasteiger partial charge in [-0.3, -0.25) is 0 Å². The molecule has 0 saturated carbocycles. The van der Waals surface area contributed by atoms with E-state index < -0.39 is 12.9 Å². The molecule has 0 atom stereocenters. The van der Waals surface area contributed by atoms with Crippen LogP contribution in [0.15, 0.2) is 29.3 Å². The molecule has 0 aromatic carbocycles. The Morgan fingerprint density at radius 2 is 1.81 bits per heavy atom. The van der Waals surface area contributed by atoms with Crippen molar-refractivity contribution in [3.63, 3.8) is 0 Å². The van der Waals surface area contributed by atoms with Crippen LogP contribution in [0.4, 0.5) is 0 Å². The van der Waals surface area contributed by atoms with Crippen LogP contribution in [0.25, 0.3) is 0 Å². The summed E-state index contributed by atoms with van der Waals surface area (Å²) in [6.07, 6.45) is 7.50. The third-order valence-electron chi connectivity index (χ3n) is 4.07. The molecule has 5 heteroatoms. The molecule has 0 unspecified atom stereocenters. The van der Waals surface area contributed by atoms with E-state index in [-0.39, 0.29) is 0 Å². The molecule has 0 amide bonds.